The van der Waals surface area contributed by atoms with E-state index in [1.54, 1.807) is 0 Å². The van der Waals surface area contributed by atoms with Crippen molar-refractivity contribution in [3.05, 3.63) is 12.2 Å². The first-order valence-corrected chi connectivity index (χ1v) is 7.01. The van der Waals surface area contributed by atoms with E-state index in [0.717, 1.165) is 6.92 Å². The van der Waals surface area contributed by atoms with Gasteiger partial charge in [-0.05, 0) is 38.5 Å². The second-order valence-corrected chi connectivity index (χ2v) is 6.35. The van der Waals surface area contributed by atoms with Gasteiger partial charge in [0.05, 0.1) is 0 Å². The molecule has 0 aromatic rings. The molecular weight excluding hydrogens is 330 g/mol. The van der Waals surface area contributed by atoms with Gasteiger partial charge in [-0.25, -0.2) is 4.79 Å². The predicted molar refractivity (Wildman–Crippen MR) is 66.1 cm³/mol. The Hall–Kier alpha value is -1.25. The van der Waals surface area contributed by atoms with Crippen LogP contribution in [0.15, 0.2) is 12.2 Å². The van der Waals surface area contributed by atoms with Crippen LogP contribution in [0.5, 0.6) is 0 Å². The molecule has 2 saturated carbocycles. The van der Waals surface area contributed by atoms with Crippen molar-refractivity contribution in [1.82, 2.24) is 0 Å². The minimum atomic E-state index is -6.04. The van der Waals surface area contributed by atoms with Gasteiger partial charge in [0.1, 0.15) is 0 Å². The van der Waals surface area contributed by atoms with Crippen LogP contribution >= 0.6 is 0 Å². The number of halogens is 6. The number of rotatable bonds is 3. The summed E-state index contributed by atoms with van der Waals surface area (Å²) >= 11 is 0. The molecule has 3 unspecified atom stereocenters. The highest BCUT2D eigenvalue weighted by Gasteiger charge is 2.84. The van der Waals surface area contributed by atoms with E-state index in [2.05, 4.69) is 11.3 Å². The zero-order valence-corrected chi connectivity index (χ0v) is 12.2. The summed E-state index contributed by atoms with van der Waals surface area (Å²) in [6.45, 7) is 4.29. The van der Waals surface area contributed by atoms with Gasteiger partial charge in [-0.15, -0.1) is 0 Å². The van der Waals surface area contributed by atoms with Gasteiger partial charge in [-0.3, -0.25) is 0 Å². The van der Waals surface area contributed by atoms with Crippen molar-refractivity contribution in [3.8, 4) is 0 Å². The number of hydrogen-bond donors (Lipinski definition) is 1. The number of carbonyl (C=O) groups is 1. The number of ether oxygens (including phenoxy) is 1. The lowest BCUT2D eigenvalue weighted by atomic mass is 9.70. The summed E-state index contributed by atoms with van der Waals surface area (Å²) in [4.78, 5) is 11.7. The maximum absolute atomic E-state index is 13.3. The summed E-state index contributed by atoms with van der Waals surface area (Å²) in [5.74, 6) is -3.03. The SMILES string of the molecule is C=C(C)C(=O)OC1(C(O)(C(F)(F)F)C(F)(F)F)CC2CCC1C2. The lowest BCUT2D eigenvalue weighted by Gasteiger charge is -2.49. The van der Waals surface area contributed by atoms with E-state index in [-0.39, 0.29) is 18.4 Å². The van der Waals surface area contributed by atoms with Crippen LogP contribution in [-0.4, -0.2) is 34.6 Å². The van der Waals surface area contributed by atoms with Gasteiger partial charge in [0.2, 0.25) is 0 Å². The Labute approximate surface area is 128 Å². The molecule has 3 nitrogen and oxygen atoms in total. The van der Waals surface area contributed by atoms with Gasteiger partial charge in [-0.1, -0.05) is 6.58 Å². The lowest BCUT2D eigenvalue weighted by molar-refractivity contribution is -0.418. The zero-order chi connectivity index (χ0) is 17.8. The van der Waals surface area contributed by atoms with Gasteiger partial charge in [0.25, 0.3) is 5.60 Å². The van der Waals surface area contributed by atoms with Crippen LogP contribution in [0.3, 0.4) is 0 Å². The van der Waals surface area contributed by atoms with E-state index >= 15 is 0 Å². The Balaban J connectivity index is 2.61. The Kier molecular flexibility index (Phi) is 4.03. The zero-order valence-electron chi connectivity index (χ0n) is 12.2. The average molecular weight is 346 g/mol. The third-order valence-electron chi connectivity index (χ3n) is 4.85. The van der Waals surface area contributed by atoms with Crippen molar-refractivity contribution in [2.24, 2.45) is 11.8 Å². The number of carbonyl (C=O) groups excluding carboxylic acids is 1. The third kappa shape index (κ3) is 2.43. The normalized spacial score (nSPS) is 31.3. The molecular formula is C14H16F6O3. The Bertz CT molecular complexity index is 510. The van der Waals surface area contributed by atoms with Crippen molar-refractivity contribution in [2.75, 3.05) is 0 Å². The molecule has 0 spiro atoms. The fourth-order valence-corrected chi connectivity index (χ4v) is 3.81. The number of aliphatic hydroxyl groups is 1. The summed E-state index contributed by atoms with van der Waals surface area (Å²) in [5.41, 5.74) is -8.51. The molecule has 0 aromatic carbocycles. The van der Waals surface area contributed by atoms with Crippen LogP contribution in [0.1, 0.15) is 32.6 Å². The predicted octanol–water partition coefficient (Wildman–Crippen LogP) is 3.52. The van der Waals surface area contributed by atoms with Crippen LogP contribution in [0.4, 0.5) is 26.3 Å². The molecule has 23 heavy (non-hydrogen) atoms. The van der Waals surface area contributed by atoms with Crippen molar-refractivity contribution in [3.63, 3.8) is 0 Å². The highest BCUT2D eigenvalue weighted by molar-refractivity contribution is 5.87. The summed E-state index contributed by atoms with van der Waals surface area (Å²) in [6, 6.07) is 0. The van der Waals surface area contributed by atoms with E-state index in [1.165, 1.54) is 0 Å². The molecule has 0 amide bonds. The molecule has 3 atom stereocenters. The molecule has 2 rings (SSSR count). The molecule has 2 fully saturated rings. The molecule has 0 heterocycles. The summed E-state index contributed by atoms with van der Waals surface area (Å²) in [7, 11) is 0. The standard InChI is InChI=1S/C14H16F6O3/c1-7(2)10(21)23-11(6-8-3-4-9(11)5-8)12(22,13(15,16)17)14(18,19)20/h8-9,22H,1,3-6H2,2H3. The van der Waals surface area contributed by atoms with Crippen molar-refractivity contribution < 1.29 is 41.0 Å². The van der Waals surface area contributed by atoms with Crippen LogP contribution in [0.25, 0.3) is 0 Å². The smallest absolute Gasteiger partial charge is 0.430 e. The van der Waals surface area contributed by atoms with Gasteiger partial charge >= 0.3 is 18.3 Å². The molecule has 0 aliphatic heterocycles. The first kappa shape index (κ1) is 18.1. The topological polar surface area (TPSA) is 46.5 Å². The molecule has 1 N–H and O–H groups in total. The molecule has 0 radical (unpaired) electrons. The maximum Gasteiger partial charge on any atom is 0.430 e. The average Bonchev–Trinajstić information content (AvgIpc) is 2.95. The fraction of sp³-hybridized carbons (Fsp3) is 0.786. The van der Waals surface area contributed by atoms with Crippen molar-refractivity contribution >= 4 is 5.97 Å². The number of esters is 1. The van der Waals surface area contributed by atoms with E-state index in [1.807, 2.05) is 0 Å². The molecule has 2 bridgehead atoms. The fourth-order valence-electron chi connectivity index (χ4n) is 3.81. The minimum absolute atomic E-state index is 0.0304. The minimum Gasteiger partial charge on any atom is -0.452 e. The first-order chi connectivity index (χ1) is 10.3. The van der Waals surface area contributed by atoms with Crippen LogP contribution in [0.2, 0.25) is 0 Å². The summed E-state index contributed by atoms with van der Waals surface area (Å²) in [5, 5.41) is 9.83. The third-order valence-corrected chi connectivity index (χ3v) is 4.85. The largest absolute Gasteiger partial charge is 0.452 e. The number of alkyl halides is 6. The van der Waals surface area contributed by atoms with Gasteiger partial charge in [0.15, 0.2) is 5.60 Å². The Morgan fingerprint density at radius 1 is 1.17 bits per heavy atom. The van der Waals surface area contributed by atoms with E-state index in [4.69, 9.17) is 0 Å². The van der Waals surface area contributed by atoms with E-state index < -0.39 is 47.8 Å². The molecule has 0 aromatic heterocycles. The molecule has 132 valence electrons. The molecule has 2 aliphatic rings. The number of hydrogen-bond acceptors (Lipinski definition) is 3. The van der Waals surface area contributed by atoms with Gasteiger partial charge in [-0.2, -0.15) is 26.3 Å². The Morgan fingerprint density at radius 3 is 2.00 bits per heavy atom. The van der Waals surface area contributed by atoms with Crippen LogP contribution in [0, 0.1) is 11.8 Å². The van der Waals surface area contributed by atoms with E-state index in [9.17, 15) is 36.2 Å². The quantitative estimate of drug-likeness (QED) is 0.483. The van der Waals surface area contributed by atoms with Crippen LogP contribution < -0.4 is 0 Å². The Morgan fingerprint density at radius 2 is 1.70 bits per heavy atom. The highest BCUT2D eigenvalue weighted by Crippen LogP contribution is 2.63. The number of fused-ring (bicyclic) bond motifs is 2. The molecule has 2 aliphatic carbocycles. The molecule has 9 heteroatoms. The van der Waals surface area contributed by atoms with Crippen molar-refractivity contribution in [1.29, 1.82) is 0 Å². The van der Waals surface area contributed by atoms with Crippen molar-refractivity contribution in [2.45, 2.75) is 56.2 Å². The summed E-state index contributed by atoms with van der Waals surface area (Å²) < 4.78 is 84.4. The lowest BCUT2D eigenvalue weighted by Crippen LogP contribution is -2.73. The highest BCUT2D eigenvalue weighted by atomic mass is 19.4. The maximum atomic E-state index is 13.3. The summed E-state index contributed by atoms with van der Waals surface area (Å²) in [6.07, 6.45) is -12.2. The van der Waals surface area contributed by atoms with E-state index in [0.29, 0.717) is 6.42 Å². The molecule has 0 saturated heterocycles. The second kappa shape index (κ2) is 5.12. The monoisotopic (exact) mass is 346 g/mol. The van der Waals surface area contributed by atoms with Gasteiger partial charge in [0, 0.05) is 11.5 Å². The second-order valence-electron chi connectivity index (χ2n) is 6.35. The first-order valence-electron chi connectivity index (χ1n) is 7.01. The van der Waals surface area contributed by atoms with Crippen LogP contribution in [-0.2, 0) is 9.53 Å². The van der Waals surface area contributed by atoms with Gasteiger partial charge < -0.3 is 9.84 Å².